The molecule has 0 atom stereocenters. The van der Waals surface area contributed by atoms with E-state index >= 15 is 0 Å². The topological polar surface area (TPSA) is 49.4 Å². The van der Waals surface area contributed by atoms with Gasteiger partial charge in [-0.05, 0) is 52.9 Å². The summed E-state index contributed by atoms with van der Waals surface area (Å²) in [5, 5.41) is 3.37. The van der Waals surface area contributed by atoms with Gasteiger partial charge in [-0.15, -0.1) is 0 Å². The van der Waals surface area contributed by atoms with E-state index in [0.29, 0.717) is 5.75 Å². The third kappa shape index (κ3) is 4.94. The number of likely N-dealkylation sites (tertiary alicyclic amines) is 1. The molecule has 1 aliphatic heterocycles. The van der Waals surface area contributed by atoms with Crippen molar-refractivity contribution in [2.45, 2.75) is 38.6 Å². The molecule has 102 valence electrons. The highest BCUT2D eigenvalue weighted by Gasteiger charge is 2.27. The number of rotatable bonds is 6. The third-order valence-corrected chi connectivity index (χ3v) is 5.72. The lowest BCUT2D eigenvalue weighted by molar-refractivity contribution is 0.152. The van der Waals surface area contributed by atoms with Gasteiger partial charge in [0.1, 0.15) is 9.84 Å². The highest BCUT2D eigenvalue weighted by molar-refractivity contribution is 7.91. The highest BCUT2D eigenvalue weighted by atomic mass is 32.2. The zero-order valence-electron chi connectivity index (χ0n) is 11.3. The average Bonchev–Trinajstić information content (AvgIpc) is 2.32. The first-order valence-electron chi connectivity index (χ1n) is 6.52. The second kappa shape index (κ2) is 6.16. The van der Waals surface area contributed by atoms with E-state index in [1.54, 1.807) is 6.92 Å². The Morgan fingerprint density at radius 3 is 2.35 bits per heavy atom. The molecular formula is C12H26N2O2S. The SMILES string of the molecule is CCS(=O)(=O)CCCN1CCC(C)(NC)CC1. The Hall–Kier alpha value is -0.130. The fraction of sp³-hybridized carbons (Fsp3) is 1.00. The fourth-order valence-corrected chi connectivity index (χ4v) is 3.03. The van der Waals surface area contributed by atoms with Gasteiger partial charge in [-0.25, -0.2) is 8.42 Å². The molecule has 1 fully saturated rings. The number of nitrogens with zero attached hydrogens (tertiary/aromatic N) is 1. The van der Waals surface area contributed by atoms with Gasteiger partial charge >= 0.3 is 0 Å². The Morgan fingerprint density at radius 2 is 1.88 bits per heavy atom. The minimum Gasteiger partial charge on any atom is -0.314 e. The maximum absolute atomic E-state index is 11.4. The molecule has 0 aliphatic carbocycles. The maximum atomic E-state index is 11.4. The van der Waals surface area contributed by atoms with Crippen LogP contribution in [0.4, 0.5) is 0 Å². The van der Waals surface area contributed by atoms with E-state index in [2.05, 4.69) is 17.1 Å². The standard InChI is InChI=1S/C12H26N2O2S/c1-4-17(15,16)11-5-8-14-9-6-12(2,13-3)7-10-14/h13H,4-11H2,1-3H3. The number of hydrogen-bond acceptors (Lipinski definition) is 4. The zero-order chi connectivity index (χ0) is 12.9. The summed E-state index contributed by atoms with van der Waals surface area (Å²) in [5.74, 6) is 0.605. The first kappa shape index (κ1) is 14.9. The molecule has 1 aliphatic rings. The maximum Gasteiger partial charge on any atom is 0.150 e. The number of piperidine rings is 1. The van der Waals surface area contributed by atoms with E-state index < -0.39 is 9.84 Å². The van der Waals surface area contributed by atoms with Crippen molar-refractivity contribution >= 4 is 9.84 Å². The van der Waals surface area contributed by atoms with Crippen LogP contribution in [-0.4, -0.2) is 57.0 Å². The van der Waals surface area contributed by atoms with Crippen LogP contribution < -0.4 is 5.32 Å². The molecule has 0 amide bonds. The fourth-order valence-electron chi connectivity index (χ4n) is 2.17. The lowest BCUT2D eigenvalue weighted by Gasteiger charge is -2.39. The summed E-state index contributed by atoms with van der Waals surface area (Å²) in [5.41, 5.74) is 0.270. The molecule has 0 saturated carbocycles. The van der Waals surface area contributed by atoms with Gasteiger partial charge in [0.2, 0.25) is 0 Å². The Bertz CT molecular complexity index is 319. The molecule has 0 aromatic heterocycles. The van der Waals surface area contributed by atoms with Crippen molar-refractivity contribution in [2.75, 3.05) is 38.2 Å². The second-order valence-electron chi connectivity index (χ2n) is 5.24. The summed E-state index contributed by atoms with van der Waals surface area (Å²) in [6.07, 6.45) is 3.06. The molecule has 0 bridgehead atoms. The molecular weight excluding hydrogens is 236 g/mol. The van der Waals surface area contributed by atoms with Gasteiger partial charge in [0.15, 0.2) is 0 Å². The van der Waals surface area contributed by atoms with E-state index in [0.717, 1.165) is 38.9 Å². The molecule has 1 heterocycles. The zero-order valence-corrected chi connectivity index (χ0v) is 12.1. The summed E-state index contributed by atoms with van der Waals surface area (Å²) in [6, 6.07) is 0. The van der Waals surface area contributed by atoms with E-state index in [9.17, 15) is 8.42 Å². The predicted molar refractivity (Wildman–Crippen MR) is 72.1 cm³/mol. The van der Waals surface area contributed by atoms with Crippen LogP contribution in [-0.2, 0) is 9.84 Å². The summed E-state index contributed by atoms with van der Waals surface area (Å²) in [4.78, 5) is 2.38. The van der Waals surface area contributed by atoms with Gasteiger partial charge in [-0.1, -0.05) is 6.92 Å². The molecule has 5 heteroatoms. The van der Waals surface area contributed by atoms with E-state index in [1.807, 2.05) is 7.05 Å². The molecule has 17 heavy (non-hydrogen) atoms. The van der Waals surface area contributed by atoms with E-state index in [-0.39, 0.29) is 11.3 Å². The Balaban J connectivity index is 2.23. The molecule has 0 radical (unpaired) electrons. The van der Waals surface area contributed by atoms with Crippen LogP contribution in [0.3, 0.4) is 0 Å². The molecule has 4 nitrogen and oxygen atoms in total. The van der Waals surface area contributed by atoms with Crippen molar-refractivity contribution in [1.82, 2.24) is 10.2 Å². The Labute approximate surface area is 106 Å². The van der Waals surface area contributed by atoms with Crippen molar-refractivity contribution in [3.05, 3.63) is 0 Å². The molecule has 0 unspecified atom stereocenters. The highest BCUT2D eigenvalue weighted by Crippen LogP contribution is 2.20. The van der Waals surface area contributed by atoms with Crippen LogP contribution in [0.15, 0.2) is 0 Å². The molecule has 1 rings (SSSR count). The van der Waals surface area contributed by atoms with Crippen molar-refractivity contribution < 1.29 is 8.42 Å². The second-order valence-corrected chi connectivity index (χ2v) is 7.71. The van der Waals surface area contributed by atoms with Gasteiger partial charge < -0.3 is 10.2 Å². The summed E-state index contributed by atoms with van der Waals surface area (Å²) in [6.45, 7) is 7.03. The summed E-state index contributed by atoms with van der Waals surface area (Å²) in [7, 11) is -0.769. The normalized spacial score (nSPS) is 21.6. The van der Waals surface area contributed by atoms with Gasteiger partial charge in [0.25, 0.3) is 0 Å². The predicted octanol–water partition coefficient (Wildman–Crippen LogP) is 0.885. The monoisotopic (exact) mass is 262 g/mol. The first-order valence-corrected chi connectivity index (χ1v) is 8.34. The minimum atomic E-state index is -2.79. The Morgan fingerprint density at radius 1 is 1.29 bits per heavy atom. The van der Waals surface area contributed by atoms with Gasteiger partial charge in [-0.2, -0.15) is 0 Å². The van der Waals surface area contributed by atoms with Gasteiger partial charge in [-0.3, -0.25) is 0 Å². The Kier molecular flexibility index (Phi) is 5.41. The largest absolute Gasteiger partial charge is 0.314 e. The van der Waals surface area contributed by atoms with Gasteiger partial charge in [0, 0.05) is 11.3 Å². The minimum absolute atomic E-state index is 0.269. The van der Waals surface area contributed by atoms with Crippen LogP contribution >= 0.6 is 0 Å². The van der Waals surface area contributed by atoms with Crippen molar-refractivity contribution in [3.8, 4) is 0 Å². The lowest BCUT2D eigenvalue weighted by Crippen LogP contribution is -2.50. The van der Waals surface area contributed by atoms with Crippen molar-refractivity contribution in [3.63, 3.8) is 0 Å². The molecule has 1 saturated heterocycles. The van der Waals surface area contributed by atoms with Crippen LogP contribution in [0.2, 0.25) is 0 Å². The van der Waals surface area contributed by atoms with E-state index in [1.165, 1.54) is 0 Å². The summed E-state index contributed by atoms with van der Waals surface area (Å²) < 4.78 is 22.7. The lowest BCUT2D eigenvalue weighted by atomic mass is 9.90. The van der Waals surface area contributed by atoms with Crippen LogP contribution in [0.25, 0.3) is 0 Å². The number of hydrogen-bond donors (Lipinski definition) is 1. The van der Waals surface area contributed by atoms with Crippen LogP contribution in [0, 0.1) is 0 Å². The van der Waals surface area contributed by atoms with Crippen molar-refractivity contribution in [2.24, 2.45) is 0 Å². The smallest absolute Gasteiger partial charge is 0.150 e. The number of sulfone groups is 1. The van der Waals surface area contributed by atoms with Crippen LogP contribution in [0.5, 0.6) is 0 Å². The first-order chi connectivity index (χ1) is 7.91. The molecule has 0 aromatic rings. The average molecular weight is 262 g/mol. The van der Waals surface area contributed by atoms with Gasteiger partial charge in [0.05, 0.1) is 5.75 Å². The number of nitrogens with one attached hydrogen (secondary N) is 1. The van der Waals surface area contributed by atoms with Crippen LogP contribution in [0.1, 0.15) is 33.1 Å². The molecule has 1 N–H and O–H groups in total. The van der Waals surface area contributed by atoms with Crippen molar-refractivity contribution in [1.29, 1.82) is 0 Å². The third-order valence-electron chi connectivity index (χ3n) is 3.93. The molecule has 0 spiro atoms. The van der Waals surface area contributed by atoms with E-state index in [4.69, 9.17) is 0 Å². The molecule has 0 aromatic carbocycles. The summed E-state index contributed by atoms with van der Waals surface area (Å²) >= 11 is 0. The quantitative estimate of drug-likeness (QED) is 0.772.